The summed E-state index contributed by atoms with van der Waals surface area (Å²) in [5, 5.41) is 8.94. The molecular formula is C24H25ClN6O3. The maximum absolute atomic E-state index is 12.3. The van der Waals surface area contributed by atoms with E-state index in [1.807, 2.05) is 24.3 Å². The van der Waals surface area contributed by atoms with E-state index < -0.39 is 5.91 Å². The van der Waals surface area contributed by atoms with E-state index in [-0.39, 0.29) is 12.1 Å². The van der Waals surface area contributed by atoms with Crippen LogP contribution in [0.4, 0.5) is 11.5 Å². The number of anilines is 2. The number of methoxy groups -OCH3 is 1. The largest absolute Gasteiger partial charge is 0.497 e. The SMILES string of the molecule is COc1ccc(N2CCN(c3ccc(=O)n(CC(=O)N/N=C/c4ccc(Cl)cc4)n3)CC2)cc1. The molecule has 2 aromatic carbocycles. The van der Waals surface area contributed by atoms with Gasteiger partial charge in [-0.25, -0.2) is 10.1 Å². The molecule has 4 rings (SSSR count). The van der Waals surface area contributed by atoms with Gasteiger partial charge >= 0.3 is 0 Å². The average Bonchev–Trinajstić information content (AvgIpc) is 2.87. The zero-order valence-corrected chi connectivity index (χ0v) is 19.5. The summed E-state index contributed by atoms with van der Waals surface area (Å²) in [6.07, 6.45) is 1.50. The second-order valence-corrected chi connectivity index (χ2v) is 8.14. The van der Waals surface area contributed by atoms with Crippen molar-refractivity contribution >= 4 is 35.2 Å². The van der Waals surface area contributed by atoms with Crippen LogP contribution in [0.15, 0.2) is 70.6 Å². The first-order valence-corrected chi connectivity index (χ1v) is 11.2. The Morgan fingerprint density at radius 1 is 1.03 bits per heavy atom. The highest BCUT2D eigenvalue weighted by molar-refractivity contribution is 6.30. The van der Waals surface area contributed by atoms with E-state index in [0.717, 1.165) is 47.9 Å². The van der Waals surface area contributed by atoms with Crippen LogP contribution in [0.1, 0.15) is 5.56 Å². The van der Waals surface area contributed by atoms with Gasteiger partial charge in [0.2, 0.25) is 0 Å². The number of hydrazone groups is 1. The van der Waals surface area contributed by atoms with Crippen molar-refractivity contribution in [3.63, 3.8) is 0 Å². The first-order chi connectivity index (χ1) is 16.5. The fourth-order valence-electron chi connectivity index (χ4n) is 3.61. The minimum Gasteiger partial charge on any atom is -0.497 e. The Bertz CT molecular complexity index is 1200. The molecule has 0 aliphatic carbocycles. The summed E-state index contributed by atoms with van der Waals surface area (Å²) < 4.78 is 6.37. The average molecular weight is 481 g/mol. The van der Waals surface area contributed by atoms with Crippen LogP contribution in [0.2, 0.25) is 5.02 Å². The fraction of sp³-hybridized carbons (Fsp3) is 0.250. The highest BCUT2D eigenvalue weighted by Gasteiger charge is 2.19. The summed E-state index contributed by atoms with van der Waals surface area (Å²) in [4.78, 5) is 28.9. The molecule has 3 aromatic rings. The fourth-order valence-corrected chi connectivity index (χ4v) is 3.73. The maximum atomic E-state index is 12.3. The normalized spacial score (nSPS) is 13.8. The molecule has 0 atom stereocenters. The lowest BCUT2D eigenvalue weighted by molar-refractivity contribution is -0.121. The Morgan fingerprint density at radius 3 is 2.38 bits per heavy atom. The van der Waals surface area contributed by atoms with Gasteiger partial charge in [0.1, 0.15) is 18.1 Å². The Kier molecular flexibility index (Phi) is 7.44. The quantitative estimate of drug-likeness (QED) is 0.412. The van der Waals surface area contributed by atoms with Crippen molar-refractivity contribution in [2.45, 2.75) is 6.54 Å². The first-order valence-electron chi connectivity index (χ1n) is 10.8. The minimum absolute atomic E-state index is 0.226. The van der Waals surface area contributed by atoms with Crippen molar-refractivity contribution < 1.29 is 9.53 Å². The Hall–Kier alpha value is -3.85. The van der Waals surface area contributed by atoms with Gasteiger partial charge in [0.15, 0.2) is 0 Å². The molecule has 176 valence electrons. The molecule has 0 saturated carbocycles. The van der Waals surface area contributed by atoms with E-state index >= 15 is 0 Å². The van der Waals surface area contributed by atoms with Gasteiger partial charge in [-0.15, -0.1) is 0 Å². The lowest BCUT2D eigenvalue weighted by Gasteiger charge is -2.36. The number of ether oxygens (including phenoxy) is 1. The Labute approximate surface area is 202 Å². The predicted octanol–water partition coefficient (Wildman–Crippen LogP) is 2.38. The minimum atomic E-state index is -0.443. The van der Waals surface area contributed by atoms with E-state index in [0.29, 0.717) is 10.8 Å². The van der Waals surface area contributed by atoms with Gasteiger partial charge in [0.25, 0.3) is 11.5 Å². The van der Waals surface area contributed by atoms with E-state index in [9.17, 15) is 9.59 Å². The van der Waals surface area contributed by atoms with E-state index in [1.165, 1.54) is 12.3 Å². The van der Waals surface area contributed by atoms with Crippen LogP contribution in [-0.2, 0) is 11.3 Å². The number of amides is 1. The molecule has 0 bridgehead atoms. The van der Waals surface area contributed by atoms with Crippen LogP contribution in [0.25, 0.3) is 0 Å². The van der Waals surface area contributed by atoms with Crippen molar-refractivity contribution in [2.75, 3.05) is 43.1 Å². The molecule has 9 nitrogen and oxygen atoms in total. The molecule has 10 heteroatoms. The number of rotatable bonds is 7. The topological polar surface area (TPSA) is 92.1 Å². The number of benzene rings is 2. The van der Waals surface area contributed by atoms with Crippen LogP contribution in [0.5, 0.6) is 5.75 Å². The number of nitrogens with one attached hydrogen (secondary N) is 1. The summed E-state index contributed by atoms with van der Waals surface area (Å²) in [7, 11) is 1.65. The number of hydrogen-bond acceptors (Lipinski definition) is 7. The monoisotopic (exact) mass is 480 g/mol. The van der Waals surface area contributed by atoms with Crippen molar-refractivity contribution in [2.24, 2.45) is 5.10 Å². The summed E-state index contributed by atoms with van der Waals surface area (Å²) >= 11 is 5.85. The van der Waals surface area contributed by atoms with Crippen LogP contribution in [0, 0.1) is 0 Å². The van der Waals surface area contributed by atoms with E-state index in [2.05, 4.69) is 25.4 Å². The summed E-state index contributed by atoms with van der Waals surface area (Å²) in [5.41, 5.74) is 3.99. The van der Waals surface area contributed by atoms with Gasteiger partial charge in [-0.2, -0.15) is 10.2 Å². The molecular weight excluding hydrogens is 456 g/mol. The molecule has 1 amide bonds. The molecule has 1 aliphatic heterocycles. The number of aromatic nitrogens is 2. The number of nitrogens with zero attached hydrogens (tertiary/aromatic N) is 5. The number of halogens is 1. The van der Waals surface area contributed by atoms with Gasteiger partial charge in [-0.1, -0.05) is 23.7 Å². The maximum Gasteiger partial charge on any atom is 0.267 e. The van der Waals surface area contributed by atoms with Gasteiger partial charge in [-0.3, -0.25) is 9.59 Å². The number of piperazine rings is 1. The molecule has 2 heterocycles. The highest BCUT2D eigenvalue weighted by atomic mass is 35.5. The van der Waals surface area contributed by atoms with Gasteiger partial charge in [0.05, 0.1) is 13.3 Å². The molecule has 0 spiro atoms. The highest BCUT2D eigenvalue weighted by Crippen LogP contribution is 2.21. The second kappa shape index (κ2) is 10.8. The lowest BCUT2D eigenvalue weighted by atomic mass is 10.2. The molecule has 34 heavy (non-hydrogen) atoms. The Morgan fingerprint density at radius 2 is 1.71 bits per heavy atom. The van der Waals surface area contributed by atoms with Crippen LogP contribution >= 0.6 is 11.6 Å². The zero-order valence-electron chi connectivity index (χ0n) is 18.7. The Balaban J connectivity index is 1.34. The van der Waals surface area contributed by atoms with Crippen molar-refractivity contribution in [3.8, 4) is 5.75 Å². The van der Waals surface area contributed by atoms with Crippen LogP contribution in [0.3, 0.4) is 0 Å². The van der Waals surface area contributed by atoms with Crippen LogP contribution < -0.4 is 25.5 Å². The molecule has 1 saturated heterocycles. The van der Waals surface area contributed by atoms with Crippen molar-refractivity contribution in [3.05, 3.63) is 81.6 Å². The second-order valence-electron chi connectivity index (χ2n) is 7.70. The van der Waals surface area contributed by atoms with Gasteiger partial charge in [0, 0.05) is 43.0 Å². The molecule has 1 aliphatic rings. The molecule has 1 aromatic heterocycles. The standard InChI is InChI=1S/C24H25ClN6O3/c1-34-21-8-6-20(7-9-21)29-12-14-30(15-13-29)22-10-11-24(33)31(28-22)17-23(32)27-26-16-18-2-4-19(25)5-3-18/h2-11,16H,12-15,17H2,1H3,(H,27,32)/b26-16+. The lowest BCUT2D eigenvalue weighted by Crippen LogP contribution is -2.47. The van der Waals surface area contributed by atoms with Gasteiger partial charge in [-0.05, 0) is 48.0 Å². The number of hydrogen-bond donors (Lipinski definition) is 1. The number of carbonyl (C=O) groups is 1. The van der Waals surface area contributed by atoms with Crippen LogP contribution in [-0.4, -0.2) is 55.2 Å². The molecule has 1 N–H and O–H groups in total. The van der Waals surface area contributed by atoms with E-state index in [1.54, 1.807) is 37.4 Å². The smallest absolute Gasteiger partial charge is 0.267 e. The third-order valence-electron chi connectivity index (χ3n) is 5.46. The van der Waals surface area contributed by atoms with E-state index in [4.69, 9.17) is 16.3 Å². The first kappa shape index (κ1) is 23.3. The molecule has 0 unspecified atom stereocenters. The number of carbonyl (C=O) groups excluding carboxylic acids is 1. The third-order valence-corrected chi connectivity index (χ3v) is 5.71. The molecule has 0 radical (unpaired) electrons. The van der Waals surface area contributed by atoms with Crippen molar-refractivity contribution in [1.82, 2.24) is 15.2 Å². The van der Waals surface area contributed by atoms with Gasteiger partial charge < -0.3 is 14.5 Å². The summed E-state index contributed by atoms with van der Waals surface area (Å²) in [6.45, 7) is 2.89. The molecule has 1 fully saturated rings. The van der Waals surface area contributed by atoms with Crippen molar-refractivity contribution in [1.29, 1.82) is 0 Å². The third kappa shape index (κ3) is 5.93. The summed E-state index contributed by atoms with van der Waals surface area (Å²) in [6, 6.07) is 18.1. The summed E-state index contributed by atoms with van der Waals surface area (Å²) in [5.74, 6) is 1.04. The predicted molar refractivity (Wildman–Crippen MR) is 133 cm³/mol. The zero-order chi connectivity index (χ0) is 23.9.